The summed E-state index contributed by atoms with van der Waals surface area (Å²) in [5, 5.41) is 60.2. The van der Waals surface area contributed by atoms with E-state index in [1.54, 1.807) is 18.2 Å². The monoisotopic (exact) mass is 513 g/mol. The van der Waals surface area contributed by atoms with Crippen molar-refractivity contribution < 1.29 is 40.2 Å². The number of aromatic nitrogens is 1. The van der Waals surface area contributed by atoms with Gasteiger partial charge in [-0.2, -0.15) is 0 Å². The van der Waals surface area contributed by atoms with Gasteiger partial charge in [0.25, 0.3) is 5.91 Å². The molecule has 0 saturated carbocycles. The van der Waals surface area contributed by atoms with Crippen molar-refractivity contribution in [1.29, 1.82) is 0 Å². The van der Waals surface area contributed by atoms with E-state index in [1.807, 2.05) is 0 Å². The van der Waals surface area contributed by atoms with E-state index in [0.29, 0.717) is 27.7 Å². The first-order chi connectivity index (χ1) is 17.5. The molecule has 1 amide bonds. The molecular formula is C24H27N5O8. The van der Waals surface area contributed by atoms with Crippen molar-refractivity contribution in [2.45, 2.75) is 24.4 Å². The fourth-order valence-corrected chi connectivity index (χ4v) is 3.57. The van der Waals surface area contributed by atoms with Crippen LogP contribution in [0.4, 0.5) is 5.69 Å². The van der Waals surface area contributed by atoms with Crippen LogP contribution < -0.4 is 16.8 Å². The van der Waals surface area contributed by atoms with Gasteiger partial charge in [0.1, 0.15) is 18.3 Å². The van der Waals surface area contributed by atoms with Gasteiger partial charge in [0.15, 0.2) is 5.96 Å². The molecule has 3 rings (SSSR count). The quantitative estimate of drug-likeness (QED) is 0.113. The van der Waals surface area contributed by atoms with Crippen molar-refractivity contribution in [2.24, 2.45) is 16.5 Å². The van der Waals surface area contributed by atoms with Gasteiger partial charge in [0, 0.05) is 18.1 Å². The average Bonchev–Trinajstić information content (AvgIpc) is 2.88. The lowest BCUT2D eigenvalue weighted by Crippen LogP contribution is -2.49. The van der Waals surface area contributed by atoms with Gasteiger partial charge in [0.2, 0.25) is 0 Å². The molecule has 0 aliphatic carbocycles. The third kappa shape index (κ3) is 6.55. The summed E-state index contributed by atoms with van der Waals surface area (Å²) in [5.74, 6) is -1.95. The van der Waals surface area contributed by atoms with E-state index in [1.165, 1.54) is 30.5 Å². The minimum atomic E-state index is -1.81. The van der Waals surface area contributed by atoms with Gasteiger partial charge in [-0.15, -0.1) is 0 Å². The van der Waals surface area contributed by atoms with Crippen LogP contribution in [0.25, 0.3) is 22.0 Å². The fraction of sp³-hybridized carbons (Fsp3) is 0.250. The van der Waals surface area contributed by atoms with Gasteiger partial charge in [-0.1, -0.05) is 12.1 Å². The van der Waals surface area contributed by atoms with Crippen LogP contribution in [0.2, 0.25) is 0 Å². The highest BCUT2D eigenvalue weighted by Crippen LogP contribution is 2.30. The van der Waals surface area contributed by atoms with Crippen LogP contribution in [0.1, 0.15) is 20.7 Å². The van der Waals surface area contributed by atoms with Crippen molar-refractivity contribution in [3.05, 3.63) is 59.8 Å². The van der Waals surface area contributed by atoms with Gasteiger partial charge >= 0.3 is 5.97 Å². The maximum atomic E-state index is 12.5. The highest BCUT2D eigenvalue weighted by molar-refractivity contribution is 6.00. The number of rotatable bonds is 10. The lowest BCUT2D eigenvalue weighted by molar-refractivity contribution is -0.113. The molecular weight excluding hydrogens is 486 g/mol. The van der Waals surface area contributed by atoms with E-state index >= 15 is 0 Å². The number of carboxylic acids is 1. The number of aromatic carboxylic acids is 1. The number of hydrogen-bond donors (Lipinski definition) is 9. The second-order valence-electron chi connectivity index (χ2n) is 8.21. The molecule has 13 heteroatoms. The van der Waals surface area contributed by atoms with Gasteiger partial charge in [0.05, 0.1) is 35.0 Å². The maximum absolute atomic E-state index is 12.5. The van der Waals surface area contributed by atoms with E-state index < -0.39 is 49.4 Å². The normalized spacial score (nSPS) is 14.4. The Morgan fingerprint density at radius 1 is 0.973 bits per heavy atom. The van der Waals surface area contributed by atoms with Crippen LogP contribution in [0.15, 0.2) is 53.7 Å². The van der Waals surface area contributed by atoms with Crippen LogP contribution in [0, 0.1) is 0 Å². The number of benzene rings is 2. The number of fused-ring (bicyclic) bond motifs is 1. The highest BCUT2D eigenvalue weighted by atomic mass is 16.4. The Kier molecular flexibility index (Phi) is 8.70. The molecule has 0 fully saturated rings. The summed E-state index contributed by atoms with van der Waals surface area (Å²) in [6.07, 6.45) is -5.61. The van der Waals surface area contributed by atoms with Gasteiger partial charge in [-0.25, -0.2) is 9.79 Å². The molecule has 0 unspecified atom stereocenters. The molecule has 0 aliphatic heterocycles. The Morgan fingerprint density at radius 3 is 2.32 bits per heavy atom. The molecule has 0 aliphatic rings. The largest absolute Gasteiger partial charge is 0.478 e. The van der Waals surface area contributed by atoms with E-state index in [4.69, 9.17) is 16.6 Å². The van der Waals surface area contributed by atoms with Gasteiger partial charge in [-0.05, 0) is 41.5 Å². The van der Waals surface area contributed by atoms with Crippen molar-refractivity contribution in [3.8, 4) is 11.1 Å². The van der Waals surface area contributed by atoms with Crippen LogP contribution in [0.3, 0.4) is 0 Å². The summed E-state index contributed by atoms with van der Waals surface area (Å²) in [6, 6.07) is 10.9. The Labute approximate surface area is 210 Å². The van der Waals surface area contributed by atoms with Crippen molar-refractivity contribution in [2.75, 3.05) is 13.2 Å². The molecule has 0 bridgehead atoms. The SMILES string of the molecule is NC(N)=Nc1ccc(C(=O)O)c(-c2ccc3cc(C(=O)NC[C@H](O)[C@@H](O)[C@H](O)[C@H](O)CO)cnc3c2)c1. The minimum absolute atomic E-state index is 0.0299. The molecule has 2 aromatic carbocycles. The number of carbonyl (C=O) groups excluding carboxylic acids is 1. The summed E-state index contributed by atoms with van der Waals surface area (Å²) < 4.78 is 0. The first kappa shape index (κ1) is 27.4. The lowest BCUT2D eigenvalue weighted by atomic mass is 9.97. The van der Waals surface area contributed by atoms with Crippen molar-refractivity contribution in [1.82, 2.24) is 10.3 Å². The lowest BCUT2D eigenvalue weighted by Gasteiger charge is -2.25. The van der Waals surface area contributed by atoms with E-state index in [2.05, 4.69) is 15.3 Å². The number of nitrogens with two attached hydrogens (primary N) is 2. The Balaban J connectivity index is 1.81. The topological polar surface area (TPSA) is 245 Å². The summed E-state index contributed by atoms with van der Waals surface area (Å²) in [6.45, 7) is -1.27. The molecule has 3 aromatic rings. The molecule has 0 saturated heterocycles. The number of pyridine rings is 1. The number of nitrogens with one attached hydrogen (secondary N) is 1. The van der Waals surface area contributed by atoms with Crippen LogP contribution in [-0.4, -0.2) is 91.0 Å². The number of hydrogen-bond acceptors (Lipinski definition) is 9. The Bertz CT molecular complexity index is 1330. The molecule has 11 N–H and O–H groups in total. The van der Waals surface area contributed by atoms with Gasteiger partial charge in [-0.3, -0.25) is 9.78 Å². The summed E-state index contributed by atoms with van der Waals surface area (Å²) >= 11 is 0. The number of guanidine groups is 1. The highest BCUT2D eigenvalue weighted by Gasteiger charge is 2.30. The zero-order valence-corrected chi connectivity index (χ0v) is 19.4. The number of nitrogens with zero attached hydrogens (tertiary/aromatic N) is 2. The number of amides is 1. The first-order valence-corrected chi connectivity index (χ1v) is 11.0. The average molecular weight is 514 g/mol. The number of aliphatic hydroxyl groups is 5. The molecule has 1 heterocycles. The molecule has 13 nitrogen and oxygen atoms in total. The standard InChI is InChI=1S/C24H27N5O8/c25-24(26)29-14-3-4-15(23(36)37)16(7-14)11-1-2-12-5-13(8-27-17(12)6-11)22(35)28-9-18(31)20(33)21(34)19(32)10-30/h1-8,18-21,30-34H,9-10H2,(H,28,35)(H,36,37)(H4,25,26,29)/t18-,19+,20+,21+/m0/s1. The van der Waals surface area contributed by atoms with E-state index in [-0.39, 0.29) is 17.1 Å². The second kappa shape index (κ2) is 11.7. The van der Waals surface area contributed by atoms with E-state index in [9.17, 15) is 35.1 Å². The Morgan fingerprint density at radius 2 is 1.68 bits per heavy atom. The third-order valence-corrected chi connectivity index (χ3v) is 5.55. The fourth-order valence-electron chi connectivity index (χ4n) is 3.57. The molecule has 196 valence electrons. The molecule has 37 heavy (non-hydrogen) atoms. The molecule has 4 atom stereocenters. The van der Waals surface area contributed by atoms with Crippen molar-refractivity contribution in [3.63, 3.8) is 0 Å². The van der Waals surface area contributed by atoms with Crippen LogP contribution >= 0.6 is 0 Å². The Hall–Kier alpha value is -4.14. The van der Waals surface area contributed by atoms with Crippen molar-refractivity contribution >= 4 is 34.4 Å². The number of aliphatic imine (C=N–C) groups is 1. The second-order valence-corrected chi connectivity index (χ2v) is 8.21. The summed E-state index contributed by atoms with van der Waals surface area (Å²) in [7, 11) is 0. The van der Waals surface area contributed by atoms with E-state index in [0.717, 1.165) is 0 Å². The zero-order chi connectivity index (χ0) is 27.3. The molecule has 1 aromatic heterocycles. The molecule has 0 spiro atoms. The minimum Gasteiger partial charge on any atom is -0.478 e. The third-order valence-electron chi connectivity index (χ3n) is 5.55. The predicted octanol–water partition coefficient (Wildman–Crippen LogP) is -1.33. The smallest absolute Gasteiger partial charge is 0.336 e. The first-order valence-electron chi connectivity index (χ1n) is 11.0. The maximum Gasteiger partial charge on any atom is 0.336 e. The van der Waals surface area contributed by atoms with Crippen LogP contribution in [-0.2, 0) is 0 Å². The van der Waals surface area contributed by atoms with Gasteiger partial charge < -0.3 is 47.4 Å². The number of aliphatic hydroxyl groups excluding tert-OH is 5. The predicted molar refractivity (Wildman–Crippen MR) is 133 cm³/mol. The summed E-state index contributed by atoms with van der Waals surface area (Å²) in [4.78, 5) is 32.5. The number of carbonyl (C=O) groups is 2. The zero-order valence-electron chi connectivity index (χ0n) is 19.4. The van der Waals surface area contributed by atoms with Crippen LogP contribution in [0.5, 0.6) is 0 Å². The summed E-state index contributed by atoms with van der Waals surface area (Å²) in [5.41, 5.74) is 12.7. The number of carboxylic acid groups (broad SMARTS) is 1. The molecule has 0 radical (unpaired) electrons.